The Balaban J connectivity index is 1.11. The maximum Gasteiger partial charge on any atom is 0.264 e. The molecule has 0 amide bonds. The Bertz CT molecular complexity index is 3960. The minimum Gasteiger partial charge on any atom is -0.310 e. The molecule has 2 aliphatic rings. The number of anilines is 9. The summed E-state index contributed by atoms with van der Waals surface area (Å²) in [5.74, 6) is 0. The van der Waals surface area contributed by atoms with Crippen LogP contribution in [0, 0.1) is 6.92 Å². The molecular formula is C69H62BN3S2. The van der Waals surface area contributed by atoms with E-state index in [0.717, 1.165) is 17.1 Å². The van der Waals surface area contributed by atoms with E-state index in [4.69, 9.17) is 0 Å². The fourth-order valence-corrected chi connectivity index (χ4v) is 14.3. The van der Waals surface area contributed by atoms with Gasteiger partial charge in [0.15, 0.2) is 0 Å². The molecule has 11 aromatic rings. The molecule has 3 nitrogen and oxygen atoms in total. The van der Waals surface area contributed by atoms with Gasteiger partial charge in [0.1, 0.15) is 0 Å². The SMILES string of the molecule is Cc1cc2c3c(c1)N(c1cccc4c1sc1ccccc14)c1cc(N(c4ccc(C(C)(C)C)cc4)c4ccc(C(C)(C)C)cc4)ccc1B3c1sc3ccc(-c4ccccc4)cc3c1N2c1ccc(C(C)(C)C)cc1. The van der Waals surface area contributed by atoms with Gasteiger partial charge in [0.2, 0.25) is 0 Å². The van der Waals surface area contributed by atoms with E-state index in [1.165, 1.54) is 113 Å². The van der Waals surface area contributed by atoms with Crippen LogP contribution in [0.1, 0.15) is 84.6 Å². The van der Waals surface area contributed by atoms with Gasteiger partial charge < -0.3 is 14.7 Å². The number of hydrogen-bond acceptors (Lipinski definition) is 5. The summed E-state index contributed by atoms with van der Waals surface area (Å²) in [6.45, 7) is 22.9. The summed E-state index contributed by atoms with van der Waals surface area (Å²) in [7, 11) is 0. The van der Waals surface area contributed by atoms with Crippen molar-refractivity contribution in [1.29, 1.82) is 0 Å². The van der Waals surface area contributed by atoms with E-state index in [-0.39, 0.29) is 23.0 Å². The van der Waals surface area contributed by atoms with Crippen LogP contribution in [0.25, 0.3) is 41.4 Å². The minimum absolute atomic E-state index is 0.0247. The van der Waals surface area contributed by atoms with E-state index < -0.39 is 0 Å². The van der Waals surface area contributed by atoms with Gasteiger partial charge in [-0.2, -0.15) is 0 Å². The molecule has 0 saturated carbocycles. The van der Waals surface area contributed by atoms with Crippen molar-refractivity contribution in [3.05, 3.63) is 216 Å². The molecule has 0 fully saturated rings. The lowest BCUT2D eigenvalue weighted by Gasteiger charge is -2.44. The van der Waals surface area contributed by atoms with Crippen LogP contribution in [0.4, 0.5) is 51.2 Å². The second-order valence-electron chi connectivity index (χ2n) is 23.9. The van der Waals surface area contributed by atoms with Crippen molar-refractivity contribution in [2.24, 2.45) is 0 Å². The van der Waals surface area contributed by atoms with Crippen LogP contribution in [-0.4, -0.2) is 6.71 Å². The lowest BCUT2D eigenvalue weighted by molar-refractivity contribution is 0.590. The Hall–Kier alpha value is -7.38. The van der Waals surface area contributed by atoms with Crippen LogP contribution in [0.3, 0.4) is 0 Å². The third-order valence-electron chi connectivity index (χ3n) is 15.8. The Morgan fingerprint density at radius 2 is 0.973 bits per heavy atom. The lowest BCUT2D eigenvalue weighted by Crippen LogP contribution is -2.60. The van der Waals surface area contributed by atoms with Crippen molar-refractivity contribution in [1.82, 2.24) is 0 Å². The van der Waals surface area contributed by atoms with E-state index in [1.54, 1.807) is 0 Å². The molecule has 4 heterocycles. The van der Waals surface area contributed by atoms with Crippen molar-refractivity contribution >= 4 is 127 Å². The van der Waals surface area contributed by atoms with E-state index >= 15 is 0 Å². The summed E-state index contributed by atoms with van der Waals surface area (Å²) >= 11 is 3.86. The quantitative estimate of drug-likeness (QED) is 0.154. The first-order valence-corrected chi connectivity index (χ1v) is 28.2. The molecule has 0 spiro atoms. The number of benzene rings is 9. The Morgan fingerprint density at radius 1 is 0.413 bits per heavy atom. The van der Waals surface area contributed by atoms with Gasteiger partial charge in [-0.15, -0.1) is 22.7 Å². The molecule has 0 atom stereocenters. The number of aryl methyl sites for hydroxylation is 1. The van der Waals surface area contributed by atoms with Gasteiger partial charge in [-0.1, -0.05) is 172 Å². The number of fused-ring (bicyclic) bond motifs is 9. The van der Waals surface area contributed by atoms with Crippen LogP contribution >= 0.6 is 22.7 Å². The van der Waals surface area contributed by atoms with Crippen molar-refractivity contribution in [3.8, 4) is 11.1 Å². The van der Waals surface area contributed by atoms with Gasteiger partial charge in [0, 0.05) is 70.1 Å². The maximum absolute atomic E-state index is 2.63. The lowest BCUT2D eigenvalue weighted by atomic mass is 9.36. The highest BCUT2D eigenvalue weighted by Gasteiger charge is 2.46. The summed E-state index contributed by atoms with van der Waals surface area (Å²) in [5, 5.41) is 3.87. The van der Waals surface area contributed by atoms with Crippen molar-refractivity contribution in [3.63, 3.8) is 0 Å². The third kappa shape index (κ3) is 7.90. The van der Waals surface area contributed by atoms with Crippen LogP contribution < -0.4 is 30.4 Å². The van der Waals surface area contributed by atoms with Crippen molar-refractivity contribution in [2.45, 2.75) is 85.5 Å². The molecular weight excluding hydrogens is 946 g/mol. The predicted octanol–water partition coefficient (Wildman–Crippen LogP) is 18.7. The molecule has 13 rings (SSSR count). The van der Waals surface area contributed by atoms with Gasteiger partial charge in [-0.25, -0.2) is 0 Å². The second-order valence-corrected chi connectivity index (χ2v) is 26.1. The minimum atomic E-state index is -0.0271. The molecule has 6 heteroatoms. The summed E-state index contributed by atoms with van der Waals surface area (Å²) in [4.78, 5) is 7.71. The van der Waals surface area contributed by atoms with Gasteiger partial charge in [0.25, 0.3) is 6.71 Å². The molecule has 0 radical (unpaired) electrons. The highest BCUT2D eigenvalue weighted by atomic mass is 32.1. The predicted molar refractivity (Wildman–Crippen MR) is 330 cm³/mol. The van der Waals surface area contributed by atoms with E-state index in [0.29, 0.717) is 0 Å². The van der Waals surface area contributed by atoms with Crippen molar-refractivity contribution < 1.29 is 0 Å². The molecule has 0 N–H and O–H groups in total. The Kier molecular flexibility index (Phi) is 10.9. The summed E-state index contributed by atoms with van der Waals surface area (Å²) < 4.78 is 5.25. The zero-order chi connectivity index (χ0) is 51.7. The first-order valence-electron chi connectivity index (χ1n) is 26.5. The molecule has 0 unspecified atom stereocenters. The van der Waals surface area contributed by atoms with Gasteiger partial charge >= 0.3 is 0 Å². The average molecular weight is 1010 g/mol. The zero-order valence-corrected chi connectivity index (χ0v) is 46.3. The van der Waals surface area contributed by atoms with Crippen LogP contribution in [0.2, 0.25) is 0 Å². The van der Waals surface area contributed by atoms with Crippen LogP contribution in [0.15, 0.2) is 194 Å². The Morgan fingerprint density at radius 3 is 1.61 bits per heavy atom. The molecule has 9 aromatic carbocycles. The molecule has 2 aromatic heterocycles. The molecule has 2 aliphatic heterocycles. The van der Waals surface area contributed by atoms with Crippen molar-refractivity contribution in [2.75, 3.05) is 14.7 Å². The second kappa shape index (κ2) is 17.3. The van der Waals surface area contributed by atoms with Crippen LogP contribution in [-0.2, 0) is 16.2 Å². The largest absolute Gasteiger partial charge is 0.310 e. The topological polar surface area (TPSA) is 9.72 Å². The first kappa shape index (κ1) is 47.3. The van der Waals surface area contributed by atoms with Gasteiger partial charge in [-0.05, 0) is 152 Å². The molecule has 75 heavy (non-hydrogen) atoms. The van der Waals surface area contributed by atoms with Gasteiger partial charge in [-0.3, -0.25) is 0 Å². The number of hydrogen-bond donors (Lipinski definition) is 0. The van der Waals surface area contributed by atoms with E-state index in [1.807, 2.05) is 22.7 Å². The van der Waals surface area contributed by atoms with E-state index in [2.05, 4.69) is 278 Å². The third-order valence-corrected chi connectivity index (χ3v) is 18.2. The Labute approximate surface area is 451 Å². The standard InChI is InChI=1S/C69H62BN3S2/c1-43-39-59-63-60(40-43)73(57-21-16-20-54-53-19-14-15-22-61(53)74-65(54)57)58-42-52(71(49-30-24-46(25-31-49)67(2,3)4)50-32-26-47(27-33-50)68(5,6)7)36-37-56(58)70(63)66-64(72(59)51-34-28-48(29-35-51)69(8,9)10)55-41-45(23-38-62(55)75-66)44-17-12-11-13-18-44/h11-42H,1-10H3. The van der Waals surface area contributed by atoms with Crippen LogP contribution in [0.5, 0.6) is 0 Å². The normalized spacial score (nSPS) is 13.4. The van der Waals surface area contributed by atoms with E-state index in [9.17, 15) is 0 Å². The first-order chi connectivity index (χ1) is 36.0. The average Bonchev–Trinajstić information content (AvgIpc) is 4.06. The highest BCUT2D eigenvalue weighted by molar-refractivity contribution is 7.33. The number of thiophene rings is 2. The number of rotatable bonds is 6. The molecule has 0 bridgehead atoms. The zero-order valence-electron chi connectivity index (χ0n) is 44.7. The molecule has 0 aliphatic carbocycles. The maximum atomic E-state index is 2.63. The summed E-state index contributed by atoms with van der Waals surface area (Å²) in [6.07, 6.45) is 0. The molecule has 368 valence electrons. The highest BCUT2D eigenvalue weighted by Crippen LogP contribution is 2.52. The van der Waals surface area contributed by atoms with Gasteiger partial charge in [0.05, 0.1) is 16.1 Å². The fraction of sp³-hybridized carbons (Fsp3) is 0.188. The monoisotopic (exact) mass is 1010 g/mol. The summed E-state index contributed by atoms with van der Waals surface area (Å²) in [6, 6.07) is 74.1. The molecule has 0 saturated heterocycles. The number of nitrogens with zero attached hydrogens (tertiary/aromatic N) is 3. The fourth-order valence-electron chi connectivity index (χ4n) is 11.8. The smallest absolute Gasteiger partial charge is 0.264 e. The summed E-state index contributed by atoms with van der Waals surface area (Å²) in [5.41, 5.74) is 21.0.